The smallest absolute Gasteiger partial charge is 0.335 e. The zero-order valence-corrected chi connectivity index (χ0v) is 23.5. The van der Waals surface area contributed by atoms with E-state index in [1.807, 2.05) is 48.5 Å². The molecule has 3 aromatic heterocycles. The molecule has 218 valence electrons. The van der Waals surface area contributed by atoms with Crippen LogP contribution in [-0.2, 0) is 0 Å². The van der Waals surface area contributed by atoms with Crippen molar-refractivity contribution < 1.29 is 19.8 Å². The highest BCUT2D eigenvalue weighted by atomic mass is 16.4. The molecule has 7 aromatic rings. The molecule has 4 N–H and O–H groups in total. The van der Waals surface area contributed by atoms with Crippen LogP contribution in [0.4, 0.5) is 0 Å². The number of aromatic nitrogens is 8. The second-order valence-corrected chi connectivity index (χ2v) is 10.8. The largest absolute Gasteiger partial charge is 0.478 e. The monoisotopic (exact) mass is 602 g/mol. The number of nitrogens with zero attached hydrogens (tertiary/aromatic N) is 6. The van der Waals surface area contributed by atoms with Gasteiger partial charge < -0.3 is 20.2 Å². The first-order valence-corrected chi connectivity index (χ1v) is 14.2. The molecular weight excluding hydrogens is 584 g/mol. The first kappa shape index (κ1) is 25.7. The second-order valence-electron chi connectivity index (χ2n) is 10.8. The fourth-order valence-corrected chi connectivity index (χ4v) is 5.96. The number of fused-ring (bicyclic) bond motifs is 20. The van der Waals surface area contributed by atoms with Gasteiger partial charge in [-0.25, -0.2) is 39.5 Å². The second kappa shape index (κ2) is 9.34. The van der Waals surface area contributed by atoms with Crippen LogP contribution in [-0.4, -0.2) is 62.0 Å². The molecule has 12 heteroatoms. The van der Waals surface area contributed by atoms with E-state index in [2.05, 4.69) is 9.97 Å². The first-order chi connectivity index (χ1) is 22.4. The number of hydrogen-bond donors (Lipinski definition) is 4. The molecule has 2 aliphatic heterocycles. The number of aromatic carboxylic acids is 2. The Balaban J connectivity index is 1.49. The van der Waals surface area contributed by atoms with Crippen LogP contribution in [0.3, 0.4) is 0 Å². The summed E-state index contributed by atoms with van der Waals surface area (Å²) in [7, 11) is 0. The van der Waals surface area contributed by atoms with Gasteiger partial charge in [-0.3, -0.25) is 0 Å². The summed E-state index contributed by atoms with van der Waals surface area (Å²) in [6.45, 7) is 0. The average Bonchev–Trinajstić information content (AvgIpc) is 3.79. The summed E-state index contributed by atoms with van der Waals surface area (Å²) in [5.41, 5.74) is 4.56. The van der Waals surface area contributed by atoms with Crippen LogP contribution in [0.2, 0.25) is 0 Å². The van der Waals surface area contributed by atoms with Gasteiger partial charge >= 0.3 is 11.9 Å². The predicted octanol–water partition coefficient (Wildman–Crippen LogP) is 6.27. The van der Waals surface area contributed by atoms with Crippen LogP contribution in [0.5, 0.6) is 0 Å². The molecule has 0 atom stereocenters. The van der Waals surface area contributed by atoms with Gasteiger partial charge in [-0.2, -0.15) is 0 Å². The van der Waals surface area contributed by atoms with Crippen molar-refractivity contribution >= 4 is 56.1 Å². The van der Waals surface area contributed by atoms with Gasteiger partial charge in [0.25, 0.3) is 0 Å². The van der Waals surface area contributed by atoms with Gasteiger partial charge in [0.15, 0.2) is 23.3 Å². The van der Waals surface area contributed by atoms with Crippen molar-refractivity contribution in [1.29, 1.82) is 0 Å². The van der Waals surface area contributed by atoms with Crippen LogP contribution in [0, 0.1) is 0 Å². The topological polar surface area (TPSA) is 184 Å². The molecule has 2 aliphatic rings. The van der Waals surface area contributed by atoms with Crippen molar-refractivity contribution in [1.82, 2.24) is 39.9 Å². The van der Waals surface area contributed by atoms with Gasteiger partial charge in [0, 0.05) is 43.8 Å². The summed E-state index contributed by atoms with van der Waals surface area (Å²) in [5, 5.41) is 22.2. The lowest BCUT2D eigenvalue weighted by Gasteiger charge is -2.00. The van der Waals surface area contributed by atoms with Crippen LogP contribution in [0.25, 0.3) is 89.7 Å². The summed E-state index contributed by atoms with van der Waals surface area (Å²) < 4.78 is 0. The number of H-pyrrole nitrogens is 2. The van der Waals surface area contributed by atoms with Crippen molar-refractivity contribution in [2.75, 3.05) is 0 Å². The maximum Gasteiger partial charge on any atom is 0.335 e. The Morgan fingerprint density at radius 1 is 0.435 bits per heavy atom. The van der Waals surface area contributed by atoms with Gasteiger partial charge in [-0.15, -0.1) is 0 Å². The Labute approximate surface area is 257 Å². The van der Waals surface area contributed by atoms with Crippen molar-refractivity contribution in [3.8, 4) is 45.6 Å². The van der Waals surface area contributed by atoms with Crippen LogP contribution in [0.1, 0.15) is 20.7 Å². The van der Waals surface area contributed by atoms with E-state index < -0.39 is 11.9 Å². The van der Waals surface area contributed by atoms with Gasteiger partial charge in [0.05, 0.1) is 11.1 Å². The van der Waals surface area contributed by atoms with E-state index in [-0.39, 0.29) is 17.0 Å². The van der Waals surface area contributed by atoms with E-state index in [9.17, 15) is 19.8 Å². The molecule has 0 unspecified atom stereocenters. The lowest BCUT2D eigenvalue weighted by atomic mass is 10.0. The van der Waals surface area contributed by atoms with Gasteiger partial charge in [0.1, 0.15) is 22.6 Å². The van der Waals surface area contributed by atoms with Crippen LogP contribution < -0.4 is 0 Å². The number of carboxylic acids is 2. The van der Waals surface area contributed by atoms with Crippen LogP contribution >= 0.6 is 0 Å². The van der Waals surface area contributed by atoms with E-state index in [1.165, 1.54) is 24.3 Å². The fraction of sp³-hybridized carbons (Fsp3) is 0. The Bertz CT molecular complexity index is 2680. The minimum Gasteiger partial charge on any atom is -0.478 e. The molecule has 12 nitrogen and oxygen atoms in total. The molecular formula is C34H18N8O4. The number of carbonyl (C=O) groups is 2. The van der Waals surface area contributed by atoms with Crippen molar-refractivity contribution in [2.24, 2.45) is 0 Å². The zero-order chi connectivity index (χ0) is 31.1. The number of nitrogens with one attached hydrogen (secondary N) is 2. The highest BCUT2D eigenvalue weighted by Gasteiger charge is 2.23. The molecule has 0 aliphatic carbocycles. The number of hydrogen-bond acceptors (Lipinski definition) is 8. The lowest BCUT2D eigenvalue weighted by molar-refractivity contribution is 0.0686. The SMILES string of the molecule is O=C(O)c1ccc2c(c1)-c1nc-2nc2[nH]c(nc3nc(nc4[nH]c(n1)c1ccc(C(=O)O)cc41)-c1ccccc1-3)c1ccccc21. The summed E-state index contributed by atoms with van der Waals surface area (Å²) in [4.78, 5) is 59.6. The van der Waals surface area contributed by atoms with Crippen molar-refractivity contribution in [3.63, 3.8) is 0 Å². The normalized spacial score (nSPS) is 11.8. The van der Waals surface area contributed by atoms with Gasteiger partial charge in [-0.05, 0) is 36.4 Å². The number of aromatic amines is 2. The Hall–Kier alpha value is -6.82. The minimum atomic E-state index is -1.09. The van der Waals surface area contributed by atoms with E-state index in [0.717, 1.165) is 21.9 Å². The first-order valence-electron chi connectivity index (χ1n) is 14.2. The quantitative estimate of drug-likeness (QED) is 0.176. The molecule has 4 aromatic carbocycles. The molecule has 0 spiro atoms. The van der Waals surface area contributed by atoms with Gasteiger partial charge in [0.2, 0.25) is 0 Å². The lowest BCUT2D eigenvalue weighted by Crippen LogP contribution is -1.96. The molecule has 0 radical (unpaired) electrons. The molecule has 5 heterocycles. The Morgan fingerprint density at radius 3 is 1.39 bits per heavy atom. The third-order valence-electron chi connectivity index (χ3n) is 8.14. The predicted molar refractivity (Wildman–Crippen MR) is 170 cm³/mol. The molecule has 0 saturated carbocycles. The number of benzene rings is 4. The molecule has 46 heavy (non-hydrogen) atoms. The van der Waals surface area contributed by atoms with E-state index in [1.54, 1.807) is 12.1 Å². The summed E-state index contributed by atoms with van der Waals surface area (Å²) in [6, 6.07) is 24.7. The Morgan fingerprint density at radius 2 is 0.848 bits per heavy atom. The molecule has 9 rings (SSSR count). The van der Waals surface area contributed by atoms with E-state index >= 15 is 0 Å². The van der Waals surface area contributed by atoms with Crippen molar-refractivity contribution in [3.05, 3.63) is 96.1 Å². The molecule has 0 fully saturated rings. The molecule has 8 bridgehead atoms. The summed E-state index contributed by atoms with van der Waals surface area (Å²) >= 11 is 0. The highest BCUT2D eigenvalue weighted by molar-refractivity contribution is 6.08. The summed E-state index contributed by atoms with van der Waals surface area (Å²) in [6.07, 6.45) is 0. The molecule has 0 amide bonds. The third-order valence-corrected chi connectivity index (χ3v) is 8.14. The third kappa shape index (κ3) is 3.80. The average molecular weight is 603 g/mol. The fourth-order valence-electron chi connectivity index (χ4n) is 5.96. The summed E-state index contributed by atoms with van der Waals surface area (Å²) in [5.74, 6) is -0.758. The van der Waals surface area contributed by atoms with E-state index in [4.69, 9.17) is 29.9 Å². The molecule has 0 saturated heterocycles. The van der Waals surface area contributed by atoms with Crippen LogP contribution in [0.15, 0.2) is 84.9 Å². The van der Waals surface area contributed by atoms with Gasteiger partial charge in [-0.1, -0.05) is 48.5 Å². The zero-order valence-electron chi connectivity index (χ0n) is 23.5. The number of rotatable bonds is 2. The minimum absolute atomic E-state index is 0.0723. The maximum absolute atomic E-state index is 11.9. The Kier molecular flexibility index (Phi) is 5.21. The number of carboxylic acid groups (broad SMARTS) is 2. The highest BCUT2D eigenvalue weighted by Crippen LogP contribution is 2.37. The maximum atomic E-state index is 11.9. The standard InChI is InChI=1S/C34H18N8O4/c43-33(44)15-9-11-21-23(13-15)32-40-29(21)38-27-18-6-2-1-5-17(18)25(36-27)35-26-19-7-3-4-8-20(19)28(37-26)39-31-24-14-16(34(45)46)10-12-22(24)30(41-31)42-32/h1-14H,(H,43,44)(H,45,46)(H2,35,36,37,38,39,40,41,42). The van der Waals surface area contributed by atoms with Crippen molar-refractivity contribution in [2.45, 2.75) is 0 Å². The van der Waals surface area contributed by atoms with E-state index in [0.29, 0.717) is 62.0 Å².